The van der Waals surface area contributed by atoms with Gasteiger partial charge in [0.1, 0.15) is 12.7 Å². The molecule has 3 N–H and O–H groups in total. The average molecular weight is 406 g/mol. The zero-order valence-corrected chi connectivity index (χ0v) is 16.1. The summed E-state index contributed by atoms with van der Waals surface area (Å²) < 4.78 is 26.2. The molecule has 1 heterocycles. The van der Waals surface area contributed by atoms with Gasteiger partial charge in [-0.05, 0) is 12.2 Å². The lowest BCUT2D eigenvalue weighted by Gasteiger charge is -2.44. The molecule has 0 aromatic heterocycles. The number of esters is 4. The molecule has 0 aliphatic carbocycles. The maximum atomic E-state index is 11.6. The van der Waals surface area contributed by atoms with Crippen molar-refractivity contribution in [2.45, 2.75) is 58.3 Å². The highest BCUT2D eigenvalue weighted by atomic mass is 32.1. The molecule has 0 aromatic carbocycles. The van der Waals surface area contributed by atoms with Gasteiger partial charge >= 0.3 is 23.9 Å². The second-order valence-electron chi connectivity index (χ2n) is 5.63. The molecule has 0 spiro atoms. The minimum absolute atomic E-state index is 0.184. The van der Waals surface area contributed by atoms with Crippen molar-refractivity contribution >= 4 is 41.2 Å². The monoisotopic (exact) mass is 406 g/mol. The summed E-state index contributed by atoms with van der Waals surface area (Å²) in [5, 5.41) is 2.39. The highest BCUT2D eigenvalue weighted by Gasteiger charge is 2.52. The van der Waals surface area contributed by atoms with E-state index in [0.29, 0.717) is 0 Å². The van der Waals surface area contributed by atoms with E-state index in [1.165, 1.54) is 6.92 Å². The Morgan fingerprint density at radius 2 is 1.37 bits per heavy atom. The zero-order valence-electron chi connectivity index (χ0n) is 15.3. The minimum atomic E-state index is -1.27. The Morgan fingerprint density at radius 3 is 1.81 bits per heavy atom. The maximum Gasteiger partial charge on any atom is 0.303 e. The van der Waals surface area contributed by atoms with Gasteiger partial charge in [-0.25, -0.2) is 0 Å². The van der Waals surface area contributed by atoms with Crippen LogP contribution >= 0.6 is 12.2 Å². The van der Waals surface area contributed by atoms with Crippen LogP contribution in [0.4, 0.5) is 0 Å². The lowest BCUT2D eigenvalue weighted by molar-refractivity contribution is -0.254. The second-order valence-corrected chi connectivity index (χ2v) is 6.07. The summed E-state index contributed by atoms with van der Waals surface area (Å²) in [4.78, 5) is 45.8. The lowest BCUT2D eigenvalue weighted by Crippen LogP contribution is -2.66. The molecule has 152 valence electrons. The van der Waals surface area contributed by atoms with Gasteiger partial charge in [0, 0.05) is 27.7 Å². The van der Waals surface area contributed by atoms with Gasteiger partial charge in [-0.2, -0.15) is 0 Å². The van der Waals surface area contributed by atoms with Crippen molar-refractivity contribution in [3.8, 4) is 0 Å². The van der Waals surface area contributed by atoms with Gasteiger partial charge in [-0.1, -0.05) is 0 Å². The number of ether oxygens (including phenoxy) is 5. The number of thiocarbonyl (C=S) groups is 1. The van der Waals surface area contributed by atoms with Crippen LogP contribution < -0.4 is 11.1 Å². The van der Waals surface area contributed by atoms with Crippen molar-refractivity contribution in [3.05, 3.63) is 0 Å². The van der Waals surface area contributed by atoms with Crippen molar-refractivity contribution < 1.29 is 42.9 Å². The molecular weight excluding hydrogens is 384 g/mol. The Labute approximate surface area is 160 Å². The number of rotatable bonds is 6. The molecule has 11 nitrogen and oxygen atoms in total. The topological polar surface area (TPSA) is 152 Å². The van der Waals surface area contributed by atoms with Crippen LogP contribution in [0.1, 0.15) is 27.7 Å². The largest absolute Gasteiger partial charge is 0.463 e. The molecule has 0 saturated carbocycles. The molecule has 0 unspecified atom stereocenters. The van der Waals surface area contributed by atoms with Crippen molar-refractivity contribution in [2.24, 2.45) is 5.73 Å². The minimum Gasteiger partial charge on any atom is -0.463 e. The number of hydrogen-bond donors (Lipinski definition) is 2. The van der Waals surface area contributed by atoms with Crippen molar-refractivity contribution in [3.63, 3.8) is 0 Å². The van der Waals surface area contributed by atoms with Gasteiger partial charge in [0.25, 0.3) is 0 Å². The standard InChI is InChI=1S/C15H22N2O9S/c1-6(18)22-5-10-11(23-7(2)19)12(24-8(3)20)13(25-9(4)21)14(26-10)17-15(16)27/h10-14H,5H2,1-4H3,(H3,16,17,27)/t10-,11-,12+,13+,14+/m1/s1. The molecule has 1 aliphatic rings. The van der Waals surface area contributed by atoms with Crippen LogP contribution in [-0.2, 0) is 42.9 Å². The van der Waals surface area contributed by atoms with Gasteiger partial charge in [0.05, 0.1) is 0 Å². The second kappa shape index (κ2) is 10.0. The van der Waals surface area contributed by atoms with E-state index in [1.54, 1.807) is 0 Å². The fourth-order valence-electron chi connectivity index (χ4n) is 2.48. The SMILES string of the molecule is CC(=O)OC[C@H]1O[C@H](NC(N)=S)[C@@H](OC(C)=O)[C@@H](OC(C)=O)[C@@H]1OC(C)=O. The van der Waals surface area contributed by atoms with Crippen molar-refractivity contribution in [1.29, 1.82) is 0 Å². The van der Waals surface area contributed by atoms with Crippen LogP contribution in [-0.4, -0.2) is 66.2 Å². The van der Waals surface area contributed by atoms with E-state index in [-0.39, 0.29) is 11.7 Å². The van der Waals surface area contributed by atoms with Gasteiger partial charge in [-0.3, -0.25) is 19.2 Å². The van der Waals surface area contributed by atoms with Crippen molar-refractivity contribution in [1.82, 2.24) is 5.32 Å². The number of hydrogen-bond acceptors (Lipinski definition) is 10. The van der Waals surface area contributed by atoms with E-state index in [1.807, 2.05) is 0 Å². The van der Waals surface area contributed by atoms with E-state index >= 15 is 0 Å². The Morgan fingerprint density at radius 1 is 0.889 bits per heavy atom. The fraction of sp³-hybridized carbons (Fsp3) is 0.667. The molecule has 0 aromatic rings. The first-order valence-electron chi connectivity index (χ1n) is 7.87. The summed E-state index contributed by atoms with van der Waals surface area (Å²) in [5.41, 5.74) is 5.47. The van der Waals surface area contributed by atoms with E-state index in [2.05, 4.69) is 5.32 Å². The van der Waals surface area contributed by atoms with Crippen LogP contribution in [0.15, 0.2) is 0 Å². The number of nitrogens with two attached hydrogens (primary N) is 1. The first-order chi connectivity index (χ1) is 12.5. The summed E-state index contributed by atoms with van der Waals surface area (Å²) >= 11 is 4.78. The van der Waals surface area contributed by atoms with Crippen molar-refractivity contribution in [2.75, 3.05) is 6.61 Å². The first-order valence-corrected chi connectivity index (χ1v) is 8.28. The lowest BCUT2D eigenvalue weighted by atomic mass is 9.97. The molecule has 5 atom stereocenters. The first kappa shape index (κ1) is 22.6. The number of carbonyl (C=O) groups excluding carboxylic acids is 4. The normalized spacial score (nSPS) is 27.0. The Hall–Kier alpha value is -2.47. The Kier molecular flexibility index (Phi) is 8.37. The molecule has 1 fully saturated rings. The van der Waals surface area contributed by atoms with E-state index in [4.69, 9.17) is 41.6 Å². The van der Waals surface area contributed by atoms with Gasteiger partial charge in [0.2, 0.25) is 0 Å². The molecule has 0 radical (unpaired) electrons. The Bertz CT molecular complexity index is 612. The fourth-order valence-corrected chi connectivity index (χ4v) is 2.60. The Balaban J connectivity index is 3.29. The highest BCUT2D eigenvalue weighted by molar-refractivity contribution is 7.80. The summed E-state index contributed by atoms with van der Waals surface area (Å²) in [7, 11) is 0. The quantitative estimate of drug-likeness (QED) is 0.313. The summed E-state index contributed by atoms with van der Waals surface area (Å²) in [5.74, 6) is -2.76. The molecule has 1 aliphatic heterocycles. The smallest absolute Gasteiger partial charge is 0.303 e. The third kappa shape index (κ3) is 7.35. The summed E-state index contributed by atoms with van der Waals surface area (Å²) in [6.45, 7) is 4.25. The average Bonchev–Trinajstić information content (AvgIpc) is 2.49. The molecular formula is C15H22N2O9S. The molecule has 0 bridgehead atoms. The van der Waals surface area contributed by atoms with E-state index in [0.717, 1.165) is 20.8 Å². The third-order valence-corrected chi connectivity index (χ3v) is 3.39. The van der Waals surface area contributed by atoms with Gasteiger partial charge < -0.3 is 34.7 Å². The number of nitrogens with one attached hydrogen (secondary N) is 1. The van der Waals surface area contributed by atoms with Crippen LogP contribution in [0.25, 0.3) is 0 Å². The predicted octanol–water partition coefficient (Wildman–Crippen LogP) is -1.10. The van der Waals surface area contributed by atoms with Crippen LogP contribution in [0.5, 0.6) is 0 Å². The molecule has 12 heteroatoms. The van der Waals surface area contributed by atoms with Gasteiger partial charge in [0.15, 0.2) is 29.7 Å². The third-order valence-electron chi connectivity index (χ3n) is 3.28. The molecule has 27 heavy (non-hydrogen) atoms. The van der Waals surface area contributed by atoms with Gasteiger partial charge in [-0.15, -0.1) is 0 Å². The maximum absolute atomic E-state index is 11.6. The van der Waals surface area contributed by atoms with Crippen LogP contribution in [0.2, 0.25) is 0 Å². The predicted molar refractivity (Wildman–Crippen MR) is 91.9 cm³/mol. The van der Waals surface area contributed by atoms with E-state index < -0.39 is 54.5 Å². The molecule has 0 amide bonds. The summed E-state index contributed by atoms with van der Waals surface area (Å²) in [6, 6.07) is 0. The summed E-state index contributed by atoms with van der Waals surface area (Å²) in [6.07, 6.45) is -5.94. The van der Waals surface area contributed by atoms with Crippen LogP contribution in [0, 0.1) is 0 Å². The zero-order chi connectivity index (χ0) is 20.7. The van der Waals surface area contributed by atoms with E-state index in [9.17, 15) is 19.2 Å². The molecule has 1 rings (SSSR count). The number of carbonyl (C=O) groups is 4. The molecule has 1 saturated heterocycles. The highest BCUT2D eigenvalue weighted by Crippen LogP contribution is 2.28. The van der Waals surface area contributed by atoms with Crippen LogP contribution in [0.3, 0.4) is 0 Å².